The quantitative estimate of drug-likeness (QED) is 0.0325. The van der Waals surface area contributed by atoms with Crippen LogP contribution in [-0.2, 0) is 27.3 Å². The average Bonchev–Trinajstić information content (AvgIpc) is 3.71. The van der Waals surface area contributed by atoms with Gasteiger partial charge in [0.1, 0.15) is 23.6 Å². The molecule has 442 valence electrons. The molecule has 18 nitrogen and oxygen atoms in total. The number of nitrogens with two attached hydrogens (primary N) is 1. The second-order valence-electron chi connectivity index (χ2n) is 24.2. The molecule has 4 amide bonds. The van der Waals surface area contributed by atoms with Gasteiger partial charge in [-0.1, -0.05) is 80.9 Å². The van der Waals surface area contributed by atoms with Crippen LogP contribution in [0.25, 0.3) is 21.3 Å². The molecule has 20 heteroatoms. The van der Waals surface area contributed by atoms with Gasteiger partial charge < -0.3 is 36.2 Å². The molecule has 2 aliphatic carbocycles. The number of aryl methyl sites for hydroxylation is 1. The molecule has 3 fully saturated rings. The lowest BCUT2D eigenvalue weighted by atomic mass is 9.78. The maximum atomic E-state index is 14.5. The molecule has 4 aliphatic rings. The number of primary amides is 1. The predicted octanol–water partition coefficient (Wildman–Crippen LogP) is 10.1. The molecule has 11 rings (SSSR count). The summed E-state index contributed by atoms with van der Waals surface area (Å²) in [6.07, 6.45) is 16.0. The van der Waals surface area contributed by atoms with Crippen molar-refractivity contribution in [3.8, 4) is 23.5 Å². The fourth-order valence-electron chi connectivity index (χ4n) is 11.6. The number of benzene rings is 3. The number of piperidine rings is 1. The van der Waals surface area contributed by atoms with E-state index in [4.69, 9.17) is 32.3 Å². The molecule has 2 saturated heterocycles. The maximum absolute atomic E-state index is 14.5. The molecule has 3 aromatic carbocycles. The third-order valence-corrected chi connectivity index (χ3v) is 18.5. The molecule has 1 saturated carbocycles. The van der Waals surface area contributed by atoms with Gasteiger partial charge in [-0.3, -0.25) is 28.6 Å². The number of aromatic nitrogens is 6. The molecule has 0 radical (unpaired) electrons. The molecule has 0 spiro atoms. The minimum absolute atomic E-state index is 0.105. The number of aliphatic hydroxyl groups is 1. The zero-order valence-electron chi connectivity index (χ0n) is 49.4. The number of rotatable bonds is 17. The van der Waals surface area contributed by atoms with Crippen LogP contribution in [0.3, 0.4) is 0 Å². The van der Waals surface area contributed by atoms with Gasteiger partial charge in [0.2, 0.25) is 17.7 Å². The van der Waals surface area contributed by atoms with Crippen LogP contribution in [0.1, 0.15) is 106 Å². The fraction of sp³-hybridized carbons (Fsp3) is 0.400. The molecule has 7 aromatic rings. The van der Waals surface area contributed by atoms with E-state index in [-0.39, 0.29) is 41.4 Å². The molecule has 4 unspecified atom stereocenters. The number of amides is 4. The van der Waals surface area contributed by atoms with Crippen LogP contribution in [0, 0.1) is 48.9 Å². The molecule has 6 N–H and O–H groups in total. The smallest absolute Gasteiger partial charge is 0.280 e. The van der Waals surface area contributed by atoms with E-state index in [9.17, 15) is 19.2 Å². The van der Waals surface area contributed by atoms with Gasteiger partial charge in [0, 0.05) is 78.7 Å². The van der Waals surface area contributed by atoms with E-state index in [1.54, 1.807) is 21.8 Å². The number of likely N-dealkylation sites (tertiary alicyclic amines) is 1. The summed E-state index contributed by atoms with van der Waals surface area (Å²) in [7, 11) is 1.86. The summed E-state index contributed by atoms with van der Waals surface area (Å²) in [6, 6.07) is 28.0. The van der Waals surface area contributed by atoms with Gasteiger partial charge in [0.05, 0.1) is 16.4 Å². The number of fused-ring (bicyclic) bond motifs is 2. The first-order valence-corrected chi connectivity index (χ1v) is 30.7. The van der Waals surface area contributed by atoms with Gasteiger partial charge in [-0.05, 0) is 172 Å². The Morgan fingerprint density at radius 1 is 0.941 bits per heavy atom. The number of nitrogens with zero attached hydrogens (tertiary/aromatic N) is 9. The van der Waals surface area contributed by atoms with Gasteiger partial charge >= 0.3 is 0 Å². The van der Waals surface area contributed by atoms with E-state index in [0.717, 1.165) is 73.3 Å². The Balaban J connectivity index is 0.000000657. The highest BCUT2D eigenvalue weighted by Gasteiger charge is 2.43. The Bertz CT molecular complexity index is 3640. The minimum atomic E-state index is -0.778. The van der Waals surface area contributed by atoms with Crippen LogP contribution in [0.15, 0.2) is 114 Å². The molecule has 85 heavy (non-hydrogen) atoms. The highest BCUT2D eigenvalue weighted by Crippen LogP contribution is 2.52. The van der Waals surface area contributed by atoms with E-state index in [1.807, 2.05) is 137 Å². The highest BCUT2D eigenvalue weighted by atomic mass is 32.2. The van der Waals surface area contributed by atoms with Crippen LogP contribution in [-0.4, -0.2) is 109 Å². The summed E-state index contributed by atoms with van der Waals surface area (Å²) < 4.78 is 6.24. The van der Waals surface area contributed by atoms with Crippen molar-refractivity contribution in [2.45, 2.75) is 116 Å². The van der Waals surface area contributed by atoms with Crippen LogP contribution in [0.5, 0.6) is 0 Å². The molecule has 4 aromatic heterocycles. The number of para-hydroxylation sites is 1. The topological polar surface area (TPSA) is 230 Å². The predicted molar refractivity (Wildman–Crippen MR) is 337 cm³/mol. The van der Waals surface area contributed by atoms with Crippen molar-refractivity contribution in [1.29, 1.82) is 0 Å². The number of carbonyl (C=O) groups excluding carboxylic acids is 4. The van der Waals surface area contributed by atoms with Crippen molar-refractivity contribution in [3.63, 3.8) is 0 Å². The number of nitrogens with one attached hydrogen (secondary N) is 3. The van der Waals surface area contributed by atoms with Gasteiger partial charge in [-0.2, -0.15) is 5.10 Å². The fourth-order valence-corrected chi connectivity index (χ4v) is 13.0. The Kier molecular flexibility index (Phi) is 18.1. The number of thiazole rings is 1. The lowest BCUT2D eigenvalue weighted by Crippen LogP contribution is -2.58. The molecular weight excluding hydrogens is 1110 g/mol. The number of anilines is 5. The average molecular weight is 1180 g/mol. The number of pyridine rings is 1. The number of carbonyl (C=O) groups is 4. The van der Waals surface area contributed by atoms with Gasteiger partial charge in [-0.15, -0.1) is 16.6 Å². The lowest BCUT2D eigenvalue weighted by Gasteiger charge is -2.37. The van der Waals surface area contributed by atoms with Crippen LogP contribution in [0.4, 0.5) is 28.3 Å². The summed E-state index contributed by atoms with van der Waals surface area (Å²) in [5.74, 6) is 3.38. The Labute approximate surface area is 505 Å². The number of terminal acetylenes is 1. The second-order valence-corrected chi connectivity index (χ2v) is 26.1. The van der Waals surface area contributed by atoms with Crippen LogP contribution in [0.2, 0.25) is 0 Å². The van der Waals surface area contributed by atoms with Crippen LogP contribution < -0.4 is 30.9 Å². The second kappa shape index (κ2) is 25.6. The third-order valence-electron chi connectivity index (χ3n) is 16.8. The number of hydrogen-bond donors (Lipinski definition) is 5. The summed E-state index contributed by atoms with van der Waals surface area (Å²) in [5.41, 5.74) is 14.3. The minimum Gasteiger partial charge on any atom is -0.396 e. The summed E-state index contributed by atoms with van der Waals surface area (Å²) in [4.78, 5) is 70.2. The summed E-state index contributed by atoms with van der Waals surface area (Å²) >= 11 is 2.77. The van der Waals surface area contributed by atoms with Crippen LogP contribution >= 0.6 is 23.3 Å². The van der Waals surface area contributed by atoms with Crippen molar-refractivity contribution in [2.75, 3.05) is 48.4 Å². The van der Waals surface area contributed by atoms with Crippen molar-refractivity contribution >= 4 is 85.4 Å². The van der Waals surface area contributed by atoms with E-state index in [1.165, 1.54) is 18.4 Å². The highest BCUT2D eigenvalue weighted by molar-refractivity contribution is 7.98. The van der Waals surface area contributed by atoms with Gasteiger partial charge in [0.25, 0.3) is 5.91 Å². The van der Waals surface area contributed by atoms with E-state index in [2.05, 4.69) is 61.0 Å². The monoisotopic (exact) mass is 1180 g/mol. The Morgan fingerprint density at radius 3 is 2.38 bits per heavy atom. The normalized spacial score (nSPS) is 18.7. The Morgan fingerprint density at radius 2 is 1.69 bits per heavy atom. The van der Waals surface area contributed by atoms with E-state index in [0.29, 0.717) is 80.7 Å². The molecule has 6 heterocycles. The number of allylic oxidation sites excluding steroid dienone is 2. The van der Waals surface area contributed by atoms with Crippen molar-refractivity contribution in [2.24, 2.45) is 28.4 Å². The number of aliphatic hydroxyl groups excluding tert-OH is 1. The Hall–Kier alpha value is -8.12. The summed E-state index contributed by atoms with van der Waals surface area (Å²) in [5, 5.41) is 29.7. The van der Waals surface area contributed by atoms with Crippen molar-refractivity contribution < 1.29 is 24.3 Å². The molecule has 0 bridgehead atoms. The lowest BCUT2D eigenvalue weighted by molar-refractivity contribution is -0.143. The van der Waals surface area contributed by atoms with Crippen molar-refractivity contribution in [3.05, 3.63) is 137 Å². The first kappa shape index (κ1) is 60.0. The van der Waals surface area contributed by atoms with E-state index >= 15 is 0 Å². The zero-order chi connectivity index (χ0) is 60.2. The maximum Gasteiger partial charge on any atom is 0.280 e. The SMILES string of the molecule is C#Cc1ccc(CCO)cc1.Cc1cc(N(C)c2ccc(-c3cnn(CC4(C)CC=C5CC5C4)c3C)c(C(=O)NSc3ccc(N4CCC(C(=O)NC(C(=O)N5CCCC5C(N)=O)C(C)(C)C)CC4)cc3)n2)nnc1Nc1nc2ccccc2s1. The first-order chi connectivity index (χ1) is 40.8. The van der Waals surface area contributed by atoms with Gasteiger partial charge in [0.15, 0.2) is 16.8 Å². The van der Waals surface area contributed by atoms with Crippen molar-refractivity contribution in [1.82, 2.24) is 44.9 Å². The standard InChI is InChI=1S/C55H65N13O4S2.C10H10O/c1-32-27-45(62-63-49(32)61-53-58-41-11-8-9-13-43(41)73-53)65(7)44-19-18-39(40-30-57-68(33(40)2)31-55(6)23-20-35-28-36(35)29-55)46(59-44)51(71)64-74-38-16-14-37(15-17-38)66-25-21-34(22-26-66)50(70)60-47(54(3,4)5)52(72)67-24-10-12-42(67)48(56)69;1-2-9-3-5-10(6-4-9)7-8-11/h8-9,11,13-20,27,30,34,36,42,47H,10,12,21-26,28-29,31H2,1-7H3,(H2,56,69)(H,60,70)(H,64,71)(H,58,61,63);1,3-6,11H,7-8H2. The largest absolute Gasteiger partial charge is 0.396 e. The van der Waals surface area contributed by atoms with E-state index < -0.39 is 23.4 Å². The molecule has 4 atom stereocenters. The zero-order valence-corrected chi connectivity index (χ0v) is 51.0. The molecule has 2 aliphatic heterocycles. The summed E-state index contributed by atoms with van der Waals surface area (Å²) in [6.45, 7) is 14.9. The first-order valence-electron chi connectivity index (χ1n) is 29.1. The molecular formula is C65H75N13O5S2. The number of hydrogen-bond acceptors (Lipinski definition) is 15. The van der Waals surface area contributed by atoms with Gasteiger partial charge in [-0.25, -0.2) is 9.97 Å². The third kappa shape index (κ3) is 14.0.